The molecule has 0 bridgehead atoms. The lowest BCUT2D eigenvalue weighted by Gasteiger charge is -2.13. The summed E-state index contributed by atoms with van der Waals surface area (Å²) >= 11 is 1.42. The Morgan fingerprint density at radius 3 is 2.33 bits per heavy atom. The van der Waals surface area contributed by atoms with Gasteiger partial charge in [0.2, 0.25) is 0 Å². The monoisotopic (exact) mass is 381 g/mol. The first-order valence-corrected chi connectivity index (χ1v) is 9.04. The zero-order chi connectivity index (χ0) is 19.4. The molecule has 0 saturated carbocycles. The van der Waals surface area contributed by atoms with Crippen molar-refractivity contribution in [2.75, 3.05) is 14.2 Å². The zero-order valence-electron chi connectivity index (χ0n) is 15.2. The van der Waals surface area contributed by atoms with Crippen LogP contribution in [0.2, 0.25) is 0 Å². The van der Waals surface area contributed by atoms with Gasteiger partial charge in [0.25, 0.3) is 0 Å². The van der Waals surface area contributed by atoms with Crippen LogP contribution in [0.15, 0.2) is 64.5 Å². The number of benzene rings is 2. The van der Waals surface area contributed by atoms with Gasteiger partial charge >= 0.3 is 5.97 Å². The molecule has 0 aliphatic rings. The standard InChI is InChI=1S/C21H19NO4S/c1-13-7-8-19(27-20-6-4-5-18(22-20)21(23)24)17(9-13)14-10-15(25-2)12-16(11-14)26-3/h4-12H,1-3H3,(H,23,24). The number of hydrogen-bond acceptors (Lipinski definition) is 5. The summed E-state index contributed by atoms with van der Waals surface area (Å²) in [6.45, 7) is 2.03. The maximum Gasteiger partial charge on any atom is 0.354 e. The topological polar surface area (TPSA) is 68.7 Å². The zero-order valence-corrected chi connectivity index (χ0v) is 16.0. The number of carboxylic acids is 1. The van der Waals surface area contributed by atoms with Crippen molar-refractivity contribution in [3.63, 3.8) is 0 Å². The Morgan fingerprint density at radius 1 is 1.00 bits per heavy atom. The second-order valence-electron chi connectivity index (χ2n) is 5.87. The Balaban J connectivity index is 2.06. The Morgan fingerprint density at radius 2 is 1.70 bits per heavy atom. The molecule has 3 aromatic rings. The summed E-state index contributed by atoms with van der Waals surface area (Å²) in [6, 6.07) is 16.8. The summed E-state index contributed by atoms with van der Waals surface area (Å²) in [6.07, 6.45) is 0. The van der Waals surface area contributed by atoms with E-state index in [4.69, 9.17) is 14.6 Å². The SMILES string of the molecule is COc1cc(OC)cc(-c2cc(C)ccc2Sc2cccc(C(=O)O)n2)c1. The molecule has 5 nitrogen and oxygen atoms in total. The molecule has 0 amide bonds. The van der Waals surface area contributed by atoms with E-state index in [1.807, 2.05) is 37.3 Å². The highest BCUT2D eigenvalue weighted by Gasteiger charge is 2.12. The number of carboxylic acid groups (broad SMARTS) is 1. The van der Waals surface area contributed by atoms with Gasteiger partial charge in [-0.2, -0.15) is 0 Å². The quantitative estimate of drug-likeness (QED) is 0.653. The van der Waals surface area contributed by atoms with Crippen molar-refractivity contribution >= 4 is 17.7 Å². The molecule has 2 aromatic carbocycles. The number of carbonyl (C=O) groups is 1. The van der Waals surface area contributed by atoms with Crippen LogP contribution in [0, 0.1) is 6.92 Å². The van der Waals surface area contributed by atoms with E-state index in [1.165, 1.54) is 17.8 Å². The molecule has 0 spiro atoms. The Hall–Kier alpha value is -2.99. The number of aryl methyl sites for hydroxylation is 1. The van der Waals surface area contributed by atoms with Crippen LogP contribution in [0.3, 0.4) is 0 Å². The van der Waals surface area contributed by atoms with E-state index in [0.29, 0.717) is 16.5 Å². The predicted molar refractivity (Wildman–Crippen MR) is 105 cm³/mol. The van der Waals surface area contributed by atoms with Gasteiger partial charge in [0.1, 0.15) is 22.2 Å². The van der Waals surface area contributed by atoms with Gasteiger partial charge in [-0.25, -0.2) is 9.78 Å². The number of nitrogens with zero attached hydrogens (tertiary/aromatic N) is 1. The number of methoxy groups -OCH3 is 2. The minimum Gasteiger partial charge on any atom is -0.497 e. The minimum absolute atomic E-state index is 0.0247. The van der Waals surface area contributed by atoms with Gasteiger partial charge in [-0.3, -0.25) is 0 Å². The minimum atomic E-state index is -1.04. The molecule has 0 radical (unpaired) electrons. The van der Waals surface area contributed by atoms with Crippen LogP contribution >= 0.6 is 11.8 Å². The van der Waals surface area contributed by atoms with Crippen molar-refractivity contribution < 1.29 is 19.4 Å². The smallest absolute Gasteiger partial charge is 0.354 e. The molecule has 6 heteroatoms. The van der Waals surface area contributed by atoms with Crippen LogP contribution in [-0.2, 0) is 0 Å². The predicted octanol–water partition coefficient (Wildman–Crippen LogP) is 4.92. The molecule has 0 atom stereocenters. The second kappa shape index (κ2) is 8.14. The molecule has 3 rings (SSSR count). The third-order valence-corrected chi connectivity index (χ3v) is 4.97. The lowest BCUT2D eigenvalue weighted by atomic mass is 10.0. The number of ether oxygens (including phenoxy) is 2. The molecule has 1 heterocycles. The molecule has 1 aromatic heterocycles. The molecular formula is C21H19NO4S. The van der Waals surface area contributed by atoms with E-state index in [1.54, 1.807) is 26.4 Å². The Bertz CT molecular complexity index is 965. The maximum atomic E-state index is 11.2. The van der Waals surface area contributed by atoms with Gasteiger partial charge in [0.15, 0.2) is 0 Å². The summed E-state index contributed by atoms with van der Waals surface area (Å²) < 4.78 is 10.8. The van der Waals surface area contributed by atoms with Crippen molar-refractivity contribution in [2.45, 2.75) is 16.8 Å². The average Bonchev–Trinajstić information content (AvgIpc) is 2.69. The first-order valence-electron chi connectivity index (χ1n) is 8.22. The number of rotatable bonds is 6. The molecule has 0 saturated heterocycles. The van der Waals surface area contributed by atoms with Crippen LogP contribution < -0.4 is 9.47 Å². The number of pyridine rings is 1. The average molecular weight is 381 g/mol. The van der Waals surface area contributed by atoms with E-state index >= 15 is 0 Å². The maximum absolute atomic E-state index is 11.2. The van der Waals surface area contributed by atoms with Gasteiger partial charge in [0.05, 0.1) is 14.2 Å². The highest BCUT2D eigenvalue weighted by atomic mass is 32.2. The highest BCUT2D eigenvalue weighted by molar-refractivity contribution is 7.99. The summed E-state index contributed by atoms with van der Waals surface area (Å²) in [5.41, 5.74) is 3.09. The van der Waals surface area contributed by atoms with Gasteiger partial charge in [-0.15, -0.1) is 0 Å². The normalized spacial score (nSPS) is 10.5. The highest BCUT2D eigenvalue weighted by Crippen LogP contribution is 2.38. The van der Waals surface area contributed by atoms with Crippen molar-refractivity contribution in [2.24, 2.45) is 0 Å². The van der Waals surface area contributed by atoms with Crippen molar-refractivity contribution in [3.05, 3.63) is 65.9 Å². The second-order valence-corrected chi connectivity index (χ2v) is 6.93. The van der Waals surface area contributed by atoms with E-state index in [-0.39, 0.29) is 5.69 Å². The van der Waals surface area contributed by atoms with Gasteiger partial charge in [-0.05, 0) is 48.4 Å². The summed E-state index contributed by atoms with van der Waals surface area (Å²) in [7, 11) is 3.23. The fraction of sp³-hybridized carbons (Fsp3) is 0.143. The van der Waals surface area contributed by atoms with Crippen molar-refractivity contribution in [3.8, 4) is 22.6 Å². The molecule has 0 unspecified atom stereocenters. The largest absolute Gasteiger partial charge is 0.497 e. The number of aromatic carboxylic acids is 1. The molecule has 27 heavy (non-hydrogen) atoms. The van der Waals surface area contributed by atoms with Gasteiger partial charge in [-0.1, -0.05) is 35.5 Å². The van der Waals surface area contributed by atoms with Crippen LogP contribution in [-0.4, -0.2) is 30.3 Å². The molecular weight excluding hydrogens is 362 g/mol. The Kier molecular flexibility index (Phi) is 5.66. The molecule has 1 N–H and O–H groups in total. The van der Waals surface area contributed by atoms with E-state index in [9.17, 15) is 4.79 Å². The van der Waals surface area contributed by atoms with Crippen molar-refractivity contribution in [1.29, 1.82) is 0 Å². The van der Waals surface area contributed by atoms with E-state index < -0.39 is 5.97 Å². The number of hydrogen-bond donors (Lipinski definition) is 1. The van der Waals surface area contributed by atoms with E-state index in [2.05, 4.69) is 11.1 Å². The van der Waals surface area contributed by atoms with Crippen LogP contribution in [0.1, 0.15) is 16.1 Å². The van der Waals surface area contributed by atoms with Crippen LogP contribution in [0.4, 0.5) is 0 Å². The molecule has 138 valence electrons. The summed E-state index contributed by atoms with van der Waals surface area (Å²) in [4.78, 5) is 16.4. The lowest BCUT2D eigenvalue weighted by Crippen LogP contribution is -2.00. The first-order chi connectivity index (χ1) is 13.0. The molecule has 0 aliphatic heterocycles. The fourth-order valence-corrected chi connectivity index (χ4v) is 3.56. The van der Waals surface area contributed by atoms with Crippen LogP contribution in [0.25, 0.3) is 11.1 Å². The first kappa shape index (κ1) is 18.8. The van der Waals surface area contributed by atoms with Crippen molar-refractivity contribution in [1.82, 2.24) is 4.98 Å². The molecule has 0 fully saturated rings. The number of aromatic nitrogens is 1. The molecule has 0 aliphatic carbocycles. The Labute approximate surface area is 162 Å². The summed E-state index contributed by atoms with van der Waals surface area (Å²) in [5.74, 6) is 0.361. The van der Waals surface area contributed by atoms with E-state index in [0.717, 1.165) is 21.6 Å². The van der Waals surface area contributed by atoms with Crippen LogP contribution in [0.5, 0.6) is 11.5 Å². The lowest BCUT2D eigenvalue weighted by molar-refractivity contribution is 0.0689. The third-order valence-electron chi connectivity index (χ3n) is 3.95. The third kappa shape index (κ3) is 4.41. The fourth-order valence-electron chi connectivity index (χ4n) is 2.62. The van der Waals surface area contributed by atoms with Gasteiger partial charge in [0, 0.05) is 11.0 Å². The summed E-state index contributed by atoms with van der Waals surface area (Å²) in [5, 5.41) is 9.78. The van der Waals surface area contributed by atoms with Gasteiger partial charge < -0.3 is 14.6 Å².